The number of carbonyl (C=O) groups is 1. The molecule has 0 aliphatic heterocycles. The van der Waals surface area contributed by atoms with Gasteiger partial charge in [-0.2, -0.15) is 0 Å². The first kappa shape index (κ1) is 12.8. The second-order valence-electron chi connectivity index (χ2n) is 3.09. The summed E-state index contributed by atoms with van der Waals surface area (Å²) in [5.74, 6) is 0.430. The Morgan fingerprint density at radius 3 is 2.62 bits per heavy atom. The number of benzene rings is 1. The van der Waals surface area contributed by atoms with Crippen molar-refractivity contribution < 1.29 is 14.3 Å². The minimum atomic E-state index is -0.339. The van der Waals surface area contributed by atoms with Crippen molar-refractivity contribution in [1.82, 2.24) is 0 Å². The summed E-state index contributed by atoms with van der Waals surface area (Å²) in [6.07, 6.45) is 0. The van der Waals surface area contributed by atoms with Crippen LogP contribution in [0, 0.1) is 0 Å². The molecule has 0 aromatic heterocycles. The van der Waals surface area contributed by atoms with E-state index in [4.69, 9.17) is 9.47 Å². The smallest absolute Gasteiger partial charge is 0.334 e. The van der Waals surface area contributed by atoms with E-state index in [0.29, 0.717) is 12.2 Å². The van der Waals surface area contributed by atoms with Crippen LogP contribution in [0.25, 0.3) is 0 Å². The third-order valence-electron chi connectivity index (χ3n) is 1.81. The van der Waals surface area contributed by atoms with Crippen LogP contribution in [0.4, 0.5) is 0 Å². The average Bonchev–Trinajstić information content (AvgIpc) is 2.34. The fraction of sp³-hybridized carbons (Fsp3) is 0.250. The molecule has 0 aliphatic carbocycles. The Balaban J connectivity index is 2.20. The highest BCUT2D eigenvalue weighted by molar-refractivity contribution is 9.11. The molecule has 1 aromatic carbocycles. The van der Waals surface area contributed by atoms with Crippen LogP contribution in [-0.4, -0.2) is 19.2 Å². The summed E-state index contributed by atoms with van der Waals surface area (Å²) in [4.78, 5) is 12.7. The summed E-state index contributed by atoms with van der Waals surface area (Å²) in [6.45, 7) is 2.27. The first-order valence-electron chi connectivity index (χ1n) is 4.86. The fourth-order valence-corrected chi connectivity index (χ4v) is 1.16. The molecule has 0 heterocycles. The molecule has 1 rings (SSSR count). The molecule has 0 bridgehead atoms. The minimum absolute atomic E-state index is 0.242. The Bertz CT molecular complexity index is 360. The van der Waals surface area contributed by atoms with Crippen LogP contribution in [0.1, 0.15) is 6.92 Å². The Morgan fingerprint density at radius 2 is 2.00 bits per heavy atom. The van der Waals surface area contributed by atoms with E-state index in [9.17, 15) is 4.79 Å². The Labute approximate surface area is 103 Å². The maximum Gasteiger partial charge on any atom is 0.334 e. The Kier molecular flexibility index (Phi) is 5.64. The first-order chi connectivity index (χ1) is 7.74. The number of ether oxygens (including phenoxy) is 2. The van der Waals surface area contributed by atoms with Crippen LogP contribution in [-0.2, 0) is 9.53 Å². The summed E-state index contributed by atoms with van der Waals surface area (Å²) in [7, 11) is 0. The lowest BCUT2D eigenvalue weighted by molar-refractivity contribution is -0.139. The van der Waals surface area contributed by atoms with E-state index in [0.717, 1.165) is 5.75 Å². The zero-order valence-electron chi connectivity index (χ0n) is 8.98. The van der Waals surface area contributed by atoms with Crippen LogP contribution >= 0.6 is 15.9 Å². The van der Waals surface area contributed by atoms with E-state index in [2.05, 4.69) is 15.9 Å². The van der Waals surface area contributed by atoms with Gasteiger partial charge in [0.2, 0.25) is 0 Å². The van der Waals surface area contributed by atoms with Crippen molar-refractivity contribution in [3.8, 4) is 5.75 Å². The maximum atomic E-state index is 11.2. The molecular weight excluding hydrogens is 272 g/mol. The normalized spacial score (nSPS) is 11.0. The largest absolute Gasteiger partial charge is 0.490 e. The molecule has 0 saturated carbocycles. The second kappa shape index (κ2) is 7.06. The summed E-state index contributed by atoms with van der Waals surface area (Å²) in [6, 6.07) is 9.39. The van der Waals surface area contributed by atoms with Gasteiger partial charge < -0.3 is 9.47 Å². The molecule has 0 fully saturated rings. The fourth-order valence-electron chi connectivity index (χ4n) is 0.969. The van der Waals surface area contributed by atoms with Gasteiger partial charge in [-0.1, -0.05) is 34.1 Å². The number of hydrogen-bond donors (Lipinski definition) is 0. The van der Waals surface area contributed by atoms with Crippen molar-refractivity contribution in [3.63, 3.8) is 0 Å². The van der Waals surface area contributed by atoms with Crippen LogP contribution in [0.15, 0.2) is 40.9 Å². The highest BCUT2D eigenvalue weighted by Gasteiger charge is 2.04. The molecule has 4 heteroatoms. The SMILES string of the molecule is CC(=CBr)C(=O)OCCOc1ccccc1. The highest BCUT2D eigenvalue weighted by Crippen LogP contribution is 2.07. The molecule has 3 nitrogen and oxygen atoms in total. The van der Waals surface area contributed by atoms with Gasteiger partial charge in [0, 0.05) is 5.57 Å². The monoisotopic (exact) mass is 284 g/mol. The summed E-state index contributed by atoms with van der Waals surface area (Å²) < 4.78 is 10.3. The molecule has 0 saturated heterocycles. The van der Waals surface area contributed by atoms with Crippen molar-refractivity contribution in [1.29, 1.82) is 0 Å². The van der Waals surface area contributed by atoms with Gasteiger partial charge in [0.25, 0.3) is 0 Å². The molecule has 16 heavy (non-hydrogen) atoms. The van der Waals surface area contributed by atoms with Crippen LogP contribution < -0.4 is 4.74 Å². The lowest BCUT2D eigenvalue weighted by Gasteiger charge is -2.06. The Morgan fingerprint density at radius 1 is 1.31 bits per heavy atom. The van der Waals surface area contributed by atoms with E-state index < -0.39 is 0 Å². The lowest BCUT2D eigenvalue weighted by Crippen LogP contribution is -2.12. The zero-order chi connectivity index (χ0) is 11.8. The molecule has 0 aliphatic rings. The van der Waals surface area contributed by atoms with Crippen molar-refractivity contribution >= 4 is 21.9 Å². The van der Waals surface area contributed by atoms with Gasteiger partial charge in [0.1, 0.15) is 19.0 Å². The summed E-state index contributed by atoms with van der Waals surface area (Å²) >= 11 is 3.07. The zero-order valence-corrected chi connectivity index (χ0v) is 10.6. The van der Waals surface area contributed by atoms with Crippen molar-refractivity contribution in [2.24, 2.45) is 0 Å². The van der Waals surface area contributed by atoms with Gasteiger partial charge in [0.05, 0.1) is 0 Å². The number of hydrogen-bond acceptors (Lipinski definition) is 3. The van der Waals surface area contributed by atoms with Gasteiger partial charge in [-0.05, 0) is 24.0 Å². The number of carbonyl (C=O) groups excluding carboxylic acids is 1. The van der Waals surface area contributed by atoms with Gasteiger partial charge in [-0.3, -0.25) is 0 Å². The quantitative estimate of drug-likeness (QED) is 0.474. The van der Waals surface area contributed by atoms with Crippen LogP contribution in [0.5, 0.6) is 5.75 Å². The Hall–Kier alpha value is -1.29. The van der Waals surface area contributed by atoms with Gasteiger partial charge in [-0.25, -0.2) is 4.79 Å². The first-order valence-corrected chi connectivity index (χ1v) is 5.77. The third kappa shape index (κ3) is 4.49. The molecule has 1 aromatic rings. The van der Waals surface area contributed by atoms with E-state index in [1.54, 1.807) is 6.92 Å². The van der Waals surface area contributed by atoms with Crippen LogP contribution in [0.2, 0.25) is 0 Å². The second-order valence-corrected chi connectivity index (χ2v) is 3.55. The molecule has 0 radical (unpaired) electrons. The average molecular weight is 285 g/mol. The third-order valence-corrected chi connectivity index (χ3v) is 2.50. The van der Waals surface area contributed by atoms with Gasteiger partial charge in [0.15, 0.2) is 0 Å². The molecule has 0 N–H and O–H groups in total. The topological polar surface area (TPSA) is 35.5 Å². The predicted molar refractivity (Wildman–Crippen MR) is 65.6 cm³/mol. The summed E-state index contributed by atoms with van der Waals surface area (Å²) in [5, 5.41) is 0. The van der Waals surface area contributed by atoms with E-state index in [-0.39, 0.29) is 12.6 Å². The number of halogens is 1. The minimum Gasteiger partial charge on any atom is -0.490 e. The molecular formula is C12H13BrO3. The van der Waals surface area contributed by atoms with E-state index >= 15 is 0 Å². The standard InChI is InChI=1S/C12H13BrO3/c1-10(9-13)12(14)16-8-7-15-11-5-3-2-4-6-11/h2-6,9H,7-8H2,1H3. The predicted octanol–water partition coefficient (Wildman–Crippen LogP) is 2.91. The van der Waals surface area contributed by atoms with Crippen molar-refractivity contribution in [2.75, 3.05) is 13.2 Å². The van der Waals surface area contributed by atoms with E-state index in [1.165, 1.54) is 4.99 Å². The highest BCUT2D eigenvalue weighted by atomic mass is 79.9. The lowest BCUT2D eigenvalue weighted by atomic mass is 10.3. The maximum absolute atomic E-state index is 11.2. The van der Waals surface area contributed by atoms with Crippen LogP contribution in [0.3, 0.4) is 0 Å². The van der Waals surface area contributed by atoms with Crippen molar-refractivity contribution in [3.05, 3.63) is 40.9 Å². The molecule has 0 unspecified atom stereocenters. The van der Waals surface area contributed by atoms with Gasteiger partial charge >= 0.3 is 5.97 Å². The number of rotatable bonds is 5. The number of para-hydroxylation sites is 1. The molecule has 0 amide bonds. The van der Waals surface area contributed by atoms with E-state index in [1.807, 2.05) is 30.3 Å². The molecule has 86 valence electrons. The summed E-state index contributed by atoms with van der Waals surface area (Å²) in [5.41, 5.74) is 0.528. The number of esters is 1. The molecule has 0 atom stereocenters. The molecule has 0 spiro atoms. The van der Waals surface area contributed by atoms with Crippen molar-refractivity contribution in [2.45, 2.75) is 6.92 Å². The van der Waals surface area contributed by atoms with Gasteiger partial charge in [-0.15, -0.1) is 0 Å².